The number of rotatable bonds is 7. The molecule has 0 saturated carbocycles. The van der Waals surface area contributed by atoms with E-state index in [4.69, 9.17) is 13.9 Å². The number of anilines is 1. The van der Waals surface area contributed by atoms with Gasteiger partial charge in [0.1, 0.15) is 4.92 Å². The second kappa shape index (κ2) is 9.24. The van der Waals surface area contributed by atoms with Gasteiger partial charge in [0.15, 0.2) is 6.10 Å². The van der Waals surface area contributed by atoms with Crippen LogP contribution in [0, 0.1) is 10.1 Å². The van der Waals surface area contributed by atoms with Crippen molar-refractivity contribution in [2.45, 2.75) is 17.9 Å². The molecular formula is C18H19N3O9S. The maximum absolute atomic E-state index is 12.7. The molecule has 0 aliphatic carbocycles. The molecule has 1 atom stereocenters. The highest BCUT2D eigenvalue weighted by Gasteiger charge is 2.27. The van der Waals surface area contributed by atoms with Gasteiger partial charge in [-0.3, -0.25) is 14.9 Å². The van der Waals surface area contributed by atoms with Gasteiger partial charge in [-0.1, -0.05) is 6.07 Å². The van der Waals surface area contributed by atoms with Crippen molar-refractivity contribution in [1.29, 1.82) is 0 Å². The summed E-state index contributed by atoms with van der Waals surface area (Å²) in [6.45, 7) is 2.36. The zero-order valence-corrected chi connectivity index (χ0v) is 17.2. The van der Waals surface area contributed by atoms with E-state index in [-0.39, 0.29) is 23.7 Å². The Hall–Kier alpha value is -3.29. The largest absolute Gasteiger partial charge is 0.447 e. The summed E-state index contributed by atoms with van der Waals surface area (Å²) in [6.07, 6.45) is -1.28. The number of hydrogen-bond donors (Lipinski definition) is 1. The number of hydrogen-bond acceptors (Lipinski definition) is 9. The van der Waals surface area contributed by atoms with E-state index in [1.54, 1.807) is 0 Å². The fraction of sp³-hybridized carbons (Fsp3) is 0.333. The number of amides is 1. The Morgan fingerprint density at radius 1 is 1.23 bits per heavy atom. The highest BCUT2D eigenvalue weighted by atomic mass is 32.2. The number of nitro groups is 1. The summed E-state index contributed by atoms with van der Waals surface area (Å²) in [4.78, 5) is 34.1. The lowest BCUT2D eigenvalue weighted by Crippen LogP contribution is -2.40. The lowest BCUT2D eigenvalue weighted by molar-refractivity contribution is -0.402. The molecule has 1 aliphatic heterocycles. The second-order valence-electron chi connectivity index (χ2n) is 6.48. The average Bonchev–Trinajstić information content (AvgIpc) is 3.25. The fourth-order valence-electron chi connectivity index (χ4n) is 2.72. The summed E-state index contributed by atoms with van der Waals surface area (Å²) in [5, 5.41) is 13.1. The second-order valence-corrected chi connectivity index (χ2v) is 8.41. The summed E-state index contributed by atoms with van der Waals surface area (Å²) >= 11 is 0. The Bertz CT molecular complexity index is 1090. The SMILES string of the molecule is CC(OC(=O)c1ccc([N+](=O)[O-])o1)C(=O)Nc1cccc(S(=O)(=O)N2CCOCC2)c1. The normalized spacial score (nSPS) is 15.8. The van der Waals surface area contributed by atoms with Crippen molar-refractivity contribution in [3.05, 3.63) is 52.3 Å². The maximum Gasteiger partial charge on any atom is 0.433 e. The number of esters is 1. The van der Waals surface area contributed by atoms with Gasteiger partial charge in [-0.2, -0.15) is 4.31 Å². The van der Waals surface area contributed by atoms with Crippen LogP contribution in [0.25, 0.3) is 0 Å². The molecule has 0 spiro atoms. The number of morpholine rings is 1. The number of nitrogens with one attached hydrogen (secondary N) is 1. The monoisotopic (exact) mass is 453 g/mol. The molecule has 1 aromatic heterocycles. The van der Waals surface area contributed by atoms with E-state index < -0.39 is 44.6 Å². The fourth-order valence-corrected chi connectivity index (χ4v) is 4.18. The molecule has 1 fully saturated rings. The predicted octanol–water partition coefficient (Wildman–Crippen LogP) is 1.39. The van der Waals surface area contributed by atoms with Gasteiger partial charge in [0.05, 0.1) is 24.2 Å². The van der Waals surface area contributed by atoms with Gasteiger partial charge in [-0.25, -0.2) is 13.2 Å². The number of carbonyl (C=O) groups excluding carboxylic acids is 2. The molecule has 1 amide bonds. The molecule has 1 unspecified atom stereocenters. The van der Waals surface area contributed by atoms with E-state index in [9.17, 15) is 28.1 Å². The molecule has 0 radical (unpaired) electrons. The highest BCUT2D eigenvalue weighted by Crippen LogP contribution is 2.21. The van der Waals surface area contributed by atoms with Crippen molar-refractivity contribution < 1.29 is 36.8 Å². The first kappa shape index (κ1) is 22.4. The standard InChI is InChI=1S/C18H19N3O9S/c1-12(29-18(23)15-5-6-16(30-15)21(24)25)17(22)19-13-3-2-4-14(11-13)31(26,27)20-7-9-28-10-8-20/h2-6,11-12H,7-10H2,1H3,(H,19,22). The summed E-state index contributed by atoms with van der Waals surface area (Å²) < 4.78 is 41.6. The summed E-state index contributed by atoms with van der Waals surface area (Å²) in [6, 6.07) is 7.72. The van der Waals surface area contributed by atoms with Crippen molar-refractivity contribution >= 4 is 33.5 Å². The number of sulfonamides is 1. The van der Waals surface area contributed by atoms with Gasteiger partial charge >= 0.3 is 11.9 Å². The molecule has 12 nitrogen and oxygen atoms in total. The van der Waals surface area contributed by atoms with E-state index in [2.05, 4.69) is 5.32 Å². The maximum atomic E-state index is 12.7. The third-order valence-electron chi connectivity index (χ3n) is 4.34. The Balaban J connectivity index is 1.65. The smallest absolute Gasteiger partial charge is 0.433 e. The van der Waals surface area contributed by atoms with Gasteiger partial charge < -0.3 is 19.2 Å². The molecule has 1 aliphatic rings. The van der Waals surface area contributed by atoms with Crippen LogP contribution in [0.2, 0.25) is 0 Å². The van der Waals surface area contributed by atoms with Gasteiger partial charge in [-0.15, -0.1) is 0 Å². The topological polar surface area (TPSA) is 158 Å². The van der Waals surface area contributed by atoms with Crippen molar-refractivity contribution in [2.75, 3.05) is 31.6 Å². The number of furan rings is 1. The minimum atomic E-state index is -3.75. The molecule has 3 rings (SSSR count). The Morgan fingerprint density at radius 3 is 2.58 bits per heavy atom. The molecule has 1 saturated heterocycles. The lowest BCUT2D eigenvalue weighted by atomic mass is 10.3. The van der Waals surface area contributed by atoms with Crippen molar-refractivity contribution in [2.24, 2.45) is 0 Å². The average molecular weight is 453 g/mol. The van der Waals surface area contributed by atoms with Gasteiger partial charge in [-0.05, 0) is 31.2 Å². The minimum absolute atomic E-state index is 0.000238. The summed E-state index contributed by atoms with van der Waals surface area (Å²) in [5.74, 6) is -2.85. The zero-order valence-electron chi connectivity index (χ0n) is 16.3. The predicted molar refractivity (Wildman–Crippen MR) is 105 cm³/mol. The number of benzene rings is 1. The highest BCUT2D eigenvalue weighted by molar-refractivity contribution is 7.89. The van der Waals surface area contributed by atoms with Crippen molar-refractivity contribution in [3.8, 4) is 0 Å². The van der Waals surface area contributed by atoms with Crippen LogP contribution in [-0.4, -0.2) is 61.9 Å². The number of ether oxygens (including phenoxy) is 2. The molecule has 1 aromatic carbocycles. The zero-order chi connectivity index (χ0) is 22.6. The van der Waals surface area contributed by atoms with Gasteiger partial charge in [0.25, 0.3) is 5.91 Å². The number of carbonyl (C=O) groups is 2. The van der Waals surface area contributed by atoms with E-state index in [0.717, 1.165) is 12.1 Å². The van der Waals surface area contributed by atoms with Crippen LogP contribution >= 0.6 is 0 Å². The Morgan fingerprint density at radius 2 is 1.94 bits per heavy atom. The van der Waals surface area contributed by atoms with Crippen molar-refractivity contribution in [3.63, 3.8) is 0 Å². The third kappa shape index (κ3) is 5.25. The molecule has 1 N–H and O–H groups in total. The van der Waals surface area contributed by atoms with Gasteiger partial charge in [0.2, 0.25) is 15.8 Å². The molecule has 13 heteroatoms. The van der Waals surface area contributed by atoms with Crippen LogP contribution in [0.15, 0.2) is 45.7 Å². The molecule has 31 heavy (non-hydrogen) atoms. The van der Waals surface area contributed by atoms with E-state index in [1.807, 2.05) is 0 Å². The molecule has 2 heterocycles. The van der Waals surface area contributed by atoms with Crippen LogP contribution in [-0.2, 0) is 24.3 Å². The van der Waals surface area contributed by atoms with Crippen LogP contribution < -0.4 is 5.32 Å². The van der Waals surface area contributed by atoms with Gasteiger partial charge in [0, 0.05) is 18.8 Å². The first-order valence-electron chi connectivity index (χ1n) is 9.12. The summed E-state index contributed by atoms with van der Waals surface area (Å²) in [7, 11) is -3.75. The van der Waals surface area contributed by atoms with E-state index in [1.165, 1.54) is 35.5 Å². The summed E-state index contributed by atoms with van der Waals surface area (Å²) in [5.41, 5.74) is 0.191. The van der Waals surface area contributed by atoms with E-state index in [0.29, 0.717) is 13.2 Å². The molecular weight excluding hydrogens is 434 g/mol. The first-order valence-corrected chi connectivity index (χ1v) is 10.6. The first-order chi connectivity index (χ1) is 14.7. The lowest BCUT2D eigenvalue weighted by Gasteiger charge is -2.26. The van der Waals surface area contributed by atoms with Crippen LogP contribution in [0.4, 0.5) is 11.6 Å². The van der Waals surface area contributed by atoms with Crippen molar-refractivity contribution in [1.82, 2.24) is 4.31 Å². The van der Waals surface area contributed by atoms with Crippen LogP contribution in [0.1, 0.15) is 17.5 Å². The third-order valence-corrected chi connectivity index (χ3v) is 6.23. The Kier molecular flexibility index (Phi) is 6.68. The van der Waals surface area contributed by atoms with E-state index >= 15 is 0 Å². The number of nitrogens with zero attached hydrogens (tertiary/aromatic N) is 2. The molecule has 166 valence electrons. The van der Waals surface area contributed by atoms with Crippen LogP contribution in [0.5, 0.6) is 0 Å². The minimum Gasteiger partial charge on any atom is -0.447 e. The molecule has 2 aromatic rings. The molecule has 0 bridgehead atoms. The van der Waals surface area contributed by atoms with Crippen LogP contribution in [0.3, 0.4) is 0 Å². The Labute approximate surface area is 176 Å². The quantitative estimate of drug-likeness (QED) is 0.371.